The molecule has 2 rings (SSSR count). The number of rotatable bonds is 13. The predicted octanol–water partition coefficient (Wildman–Crippen LogP) is 3.76. The van der Waals surface area contributed by atoms with Crippen LogP contribution in [-0.2, 0) is 4.74 Å². The molecule has 1 fully saturated rings. The first-order valence-corrected chi connectivity index (χ1v) is 10.6. The number of aliphatic hydroxyl groups excluding tert-OH is 1. The molecule has 1 aromatic rings. The maximum absolute atomic E-state index is 10.9. The maximum Gasteiger partial charge on any atom is 0.0955 e. The van der Waals surface area contributed by atoms with Gasteiger partial charge in [0, 0.05) is 25.7 Å². The summed E-state index contributed by atoms with van der Waals surface area (Å²) in [5.41, 5.74) is 0.998. The Labute approximate surface area is 159 Å². The van der Waals surface area contributed by atoms with Crippen molar-refractivity contribution in [3.8, 4) is 0 Å². The first-order chi connectivity index (χ1) is 12.8. The van der Waals surface area contributed by atoms with Crippen LogP contribution in [0.5, 0.6) is 0 Å². The maximum atomic E-state index is 10.9. The van der Waals surface area contributed by atoms with Gasteiger partial charge in [-0.25, -0.2) is 0 Å². The fraction of sp³-hybridized carbons (Fsp3) is 0.727. The zero-order chi connectivity index (χ0) is 18.5. The molecule has 0 unspecified atom stereocenters. The van der Waals surface area contributed by atoms with Gasteiger partial charge in [-0.15, -0.1) is 0 Å². The van der Waals surface area contributed by atoms with E-state index in [1.165, 1.54) is 44.9 Å². The Balaban J connectivity index is 1.76. The van der Waals surface area contributed by atoms with Gasteiger partial charge >= 0.3 is 0 Å². The molecule has 4 nitrogen and oxygen atoms in total. The lowest BCUT2D eigenvalue weighted by Gasteiger charge is -2.33. The fourth-order valence-corrected chi connectivity index (χ4v) is 3.59. The van der Waals surface area contributed by atoms with Crippen LogP contribution in [0.2, 0.25) is 0 Å². The lowest BCUT2D eigenvalue weighted by Crippen LogP contribution is -2.48. The van der Waals surface area contributed by atoms with Gasteiger partial charge in [0.05, 0.1) is 19.3 Å². The van der Waals surface area contributed by atoms with E-state index < -0.39 is 6.10 Å². The van der Waals surface area contributed by atoms with Gasteiger partial charge in [0.2, 0.25) is 0 Å². The molecule has 1 aliphatic heterocycles. The summed E-state index contributed by atoms with van der Waals surface area (Å²) in [7, 11) is 0. The molecule has 0 spiro atoms. The average Bonchev–Trinajstić information content (AvgIpc) is 2.70. The van der Waals surface area contributed by atoms with Crippen LogP contribution in [0.15, 0.2) is 30.3 Å². The molecule has 0 aliphatic carbocycles. The molecule has 1 saturated heterocycles. The van der Waals surface area contributed by atoms with E-state index in [4.69, 9.17) is 4.74 Å². The summed E-state index contributed by atoms with van der Waals surface area (Å²) >= 11 is 0. The average molecular weight is 363 g/mol. The van der Waals surface area contributed by atoms with Crippen molar-refractivity contribution in [2.75, 3.05) is 39.4 Å². The van der Waals surface area contributed by atoms with Gasteiger partial charge in [-0.1, -0.05) is 75.8 Å². The quantitative estimate of drug-likeness (QED) is 0.525. The minimum absolute atomic E-state index is 0.0654. The second-order valence-corrected chi connectivity index (χ2v) is 7.45. The fourth-order valence-electron chi connectivity index (χ4n) is 3.59. The molecule has 4 heteroatoms. The summed E-state index contributed by atoms with van der Waals surface area (Å²) in [6.45, 7) is 7.62. The van der Waals surface area contributed by atoms with Gasteiger partial charge in [0.25, 0.3) is 0 Å². The van der Waals surface area contributed by atoms with Crippen LogP contribution in [0.25, 0.3) is 0 Å². The van der Waals surface area contributed by atoms with E-state index in [1.807, 2.05) is 30.3 Å². The Kier molecular flexibility index (Phi) is 10.9. The standard InChI is InChI=1S/C22H38N2O2/c1-2-3-4-5-6-7-11-14-23-21(19-24-15-17-26-18-16-24)22(25)20-12-9-8-10-13-20/h8-10,12-13,21-23,25H,2-7,11,14-19H2,1H3/t21-,22-/m1/s1. The molecule has 1 aliphatic rings. The molecular formula is C22H38N2O2. The summed E-state index contributed by atoms with van der Waals surface area (Å²) in [5.74, 6) is 0. The van der Waals surface area contributed by atoms with E-state index in [2.05, 4.69) is 17.1 Å². The second kappa shape index (κ2) is 13.3. The Morgan fingerprint density at radius 1 is 1.00 bits per heavy atom. The van der Waals surface area contributed by atoms with Crippen molar-refractivity contribution in [3.63, 3.8) is 0 Å². The minimum Gasteiger partial charge on any atom is -0.387 e. The third-order valence-electron chi connectivity index (χ3n) is 5.27. The van der Waals surface area contributed by atoms with Gasteiger partial charge < -0.3 is 15.2 Å². The van der Waals surface area contributed by atoms with Crippen molar-refractivity contribution < 1.29 is 9.84 Å². The van der Waals surface area contributed by atoms with Crippen molar-refractivity contribution in [1.82, 2.24) is 10.2 Å². The smallest absolute Gasteiger partial charge is 0.0955 e. The third kappa shape index (κ3) is 8.17. The van der Waals surface area contributed by atoms with Crippen LogP contribution in [0.4, 0.5) is 0 Å². The normalized spacial score (nSPS) is 17.9. The highest BCUT2D eigenvalue weighted by atomic mass is 16.5. The van der Waals surface area contributed by atoms with Crippen molar-refractivity contribution in [1.29, 1.82) is 0 Å². The summed E-state index contributed by atoms with van der Waals surface area (Å²) in [5, 5.41) is 14.5. The molecule has 0 bridgehead atoms. The number of aliphatic hydroxyl groups is 1. The van der Waals surface area contributed by atoms with Crippen molar-refractivity contribution in [2.45, 2.75) is 64.0 Å². The van der Waals surface area contributed by atoms with Gasteiger partial charge in [-0.3, -0.25) is 4.90 Å². The molecule has 0 aromatic heterocycles. The highest BCUT2D eigenvalue weighted by Gasteiger charge is 2.24. The predicted molar refractivity (Wildman–Crippen MR) is 108 cm³/mol. The number of hydrogen-bond acceptors (Lipinski definition) is 4. The SMILES string of the molecule is CCCCCCCCCN[C@H](CN1CCOCC1)[C@H](O)c1ccccc1. The van der Waals surface area contributed by atoms with Crippen LogP contribution in [0, 0.1) is 0 Å². The van der Waals surface area contributed by atoms with Crippen LogP contribution in [-0.4, -0.2) is 55.4 Å². The molecular weight excluding hydrogens is 324 g/mol. The Morgan fingerprint density at radius 2 is 1.65 bits per heavy atom. The third-order valence-corrected chi connectivity index (χ3v) is 5.27. The zero-order valence-electron chi connectivity index (χ0n) is 16.5. The minimum atomic E-state index is -0.469. The first kappa shape index (κ1) is 21.4. The number of nitrogens with zero attached hydrogens (tertiary/aromatic N) is 1. The van der Waals surface area contributed by atoms with Gasteiger partial charge in [0.15, 0.2) is 0 Å². The van der Waals surface area contributed by atoms with E-state index in [1.54, 1.807) is 0 Å². The highest BCUT2D eigenvalue weighted by molar-refractivity contribution is 5.19. The lowest BCUT2D eigenvalue weighted by atomic mass is 10.0. The van der Waals surface area contributed by atoms with Crippen LogP contribution in [0.3, 0.4) is 0 Å². The number of nitrogens with one attached hydrogen (secondary N) is 1. The lowest BCUT2D eigenvalue weighted by molar-refractivity contribution is 0.0202. The molecule has 0 saturated carbocycles. The largest absolute Gasteiger partial charge is 0.387 e. The molecule has 2 N–H and O–H groups in total. The zero-order valence-corrected chi connectivity index (χ0v) is 16.5. The molecule has 1 aromatic carbocycles. The van der Waals surface area contributed by atoms with E-state index in [0.717, 1.165) is 45.0 Å². The Hall–Kier alpha value is -0.940. The number of ether oxygens (including phenoxy) is 1. The highest BCUT2D eigenvalue weighted by Crippen LogP contribution is 2.18. The van der Waals surface area contributed by atoms with Crippen molar-refractivity contribution in [2.24, 2.45) is 0 Å². The van der Waals surface area contributed by atoms with Gasteiger partial charge in [-0.05, 0) is 18.5 Å². The number of morpholine rings is 1. The topological polar surface area (TPSA) is 44.7 Å². The summed E-state index contributed by atoms with van der Waals surface area (Å²) < 4.78 is 5.46. The van der Waals surface area contributed by atoms with Gasteiger partial charge in [0.1, 0.15) is 0 Å². The van der Waals surface area contributed by atoms with Crippen molar-refractivity contribution in [3.05, 3.63) is 35.9 Å². The Morgan fingerprint density at radius 3 is 2.35 bits per heavy atom. The van der Waals surface area contributed by atoms with Crippen LogP contribution < -0.4 is 5.32 Å². The Bertz CT molecular complexity index is 449. The molecule has 1 heterocycles. The first-order valence-electron chi connectivity index (χ1n) is 10.6. The number of benzene rings is 1. The summed E-state index contributed by atoms with van der Waals surface area (Å²) in [6, 6.07) is 10.1. The molecule has 26 heavy (non-hydrogen) atoms. The van der Waals surface area contributed by atoms with Crippen LogP contribution in [0.1, 0.15) is 63.5 Å². The van der Waals surface area contributed by atoms with E-state index in [0.29, 0.717) is 0 Å². The monoisotopic (exact) mass is 362 g/mol. The summed E-state index contributed by atoms with van der Waals surface area (Å²) in [6.07, 6.45) is 8.73. The molecule has 2 atom stereocenters. The van der Waals surface area contributed by atoms with Crippen LogP contribution >= 0.6 is 0 Å². The van der Waals surface area contributed by atoms with Crippen molar-refractivity contribution >= 4 is 0 Å². The second-order valence-electron chi connectivity index (χ2n) is 7.45. The number of hydrogen-bond donors (Lipinski definition) is 2. The number of unbranched alkanes of at least 4 members (excludes halogenated alkanes) is 6. The van der Waals surface area contributed by atoms with Gasteiger partial charge in [-0.2, -0.15) is 0 Å². The van der Waals surface area contributed by atoms with E-state index in [-0.39, 0.29) is 6.04 Å². The molecule has 0 radical (unpaired) electrons. The molecule has 148 valence electrons. The van der Waals surface area contributed by atoms with E-state index >= 15 is 0 Å². The van der Waals surface area contributed by atoms with E-state index in [9.17, 15) is 5.11 Å². The summed E-state index contributed by atoms with van der Waals surface area (Å²) in [4.78, 5) is 2.40. The molecule has 0 amide bonds.